The summed E-state index contributed by atoms with van der Waals surface area (Å²) < 4.78 is 21.2. The molecule has 0 aliphatic carbocycles. The van der Waals surface area contributed by atoms with Gasteiger partial charge in [0.1, 0.15) is 37.3 Å². The number of cyclic esters (lactones) is 1. The number of carbonyl (C=O) groups excluding carboxylic acids is 1. The van der Waals surface area contributed by atoms with Gasteiger partial charge in [-0.05, 0) is 11.6 Å². The Morgan fingerprint density at radius 3 is 2.68 bits per heavy atom. The number of esters is 1. The summed E-state index contributed by atoms with van der Waals surface area (Å²) in [4.78, 5) is 11.8. The lowest BCUT2D eigenvalue weighted by atomic mass is 9.89. The molecule has 0 amide bonds. The molecule has 0 aromatic carbocycles. The van der Waals surface area contributed by atoms with E-state index in [-0.39, 0.29) is 12.2 Å². The summed E-state index contributed by atoms with van der Waals surface area (Å²) >= 11 is 0. The molecule has 4 N–H and O–H groups in total. The Hall–Kier alpha value is -1.75. The lowest BCUT2D eigenvalue weighted by molar-refractivity contribution is -0.336. The predicted octanol–water partition coefficient (Wildman–Crippen LogP) is -1.67. The molecule has 7 atom stereocenters. The van der Waals surface area contributed by atoms with Crippen LogP contribution in [0.4, 0.5) is 0 Å². The van der Waals surface area contributed by atoms with E-state index in [0.29, 0.717) is 5.57 Å². The first-order valence-corrected chi connectivity index (χ1v) is 7.79. The van der Waals surface area contributed by atoms with Crippen molar-refractivity contribution in [3.8, 4) is 0 Å². The van der Waals surface area contributed by atoms with Crippen LogP contribution in [0.5, 0.6) is 0 Å². The number of hydrogen-bond acceptors (Lipinski definition) is 9. The van der Waals surface area contributed by atoms with E-state index in [1.54, 1.807) is 6.08 Å². The molecule has 9 nitrogen and oxygen atoms in total. The maximum atomic E-state index is 11.8. The van der Waals surface area contributed by atoms with Gasteiger partial charge in [-0.25, -0.2) is 4.79 Å². The van der Waals surface area contributed by atoms with Crippen LogP contribution in [0.1, 0.15) is 0 Å². The molecule has 0 bridgehead atoms. The van der Waals surface area contributed by atoms with Crippen molar-refractivity contribution in [2.75, 3.05) is 13.2 Å². The minimum Gasteiger partial charge on any atom is -0.471 e. The zero-order valence-corrected chi connectivity index (χ0v) is 13.2. The second kappa shape index (κ2) is 7.24. The Kier molecular flexibility index (Phi) is 5.23. The standard InChI is InChI=1S/C16H20O9/c1-2-7-8-3-4-22-14(21)9(8)6-23-15(7)25-16-13(20)12(19)11(18)10(5-17)24-16/h2-3,6-7,10-13,15-20H,1,4-5H2/t7-,10?,11?,12+,13?,15+,16?/m1/s1. The van der Waals surface area contributed by atoms with Gasteiger partial charge in [0.05, 0.1) is 18.1 Å². The maximum Gasteiger partial charge on any atom is 0.341 e. The largest absolute Gasteiger partial charge is 0.471 e. The number of hydrogen-bond donors (Lipinski definition) is 4. The lowest BCUT2D eigenvalue weighted by Crippen LogP contribution is -2.60. The average molecular weight is 356 g/mol. The number of fused-ring (bicyclic) bond motifs is 1. The summed E-state index contributed by atoms with van der Waals surface area (Å²) in [5.41, 5.74) is 0.872. The summed E-state index contributed by atoms with van der Waals surface area (Å²) in [5.74, 6) is -1.06. The fourth-order valence-electron chi connectivity index (χ4n) is 2.98. The first kappa shape index (κ1) is 18.1. The quantitative estimate of drug-likeness (QED) is 0.344. The van der Waals surface area contributed by atoms with Crippen LogP contribution in [-0.2, 0) is 23.7 Å². The van der Waals surface area contributed by atoms with E-state index in [9.17, 15) is 25.2 Å². The number of aliphatic hydroxyl groups is 4. The van der Waals surface area contributed by atoms with Gasteiger partial charge >= 0.3 is 5.97 Å². The van der Waals surface area contributed by atoms with Crippen molar-refractivity contribution in [3.05, 3.63) is 36.1 Å². The molecule has 0 radical (unpaired) electrons. The van der Waals surface area contributed by atoms with E-state index in [0.717, 1.165) is 0 Å². The number of ether oxygens (including phenoxy) is 4. The van der Waals surface area contributed by atoms with Crippen molar-refractivity contribution in [1.29, 1.82) is 0 Å². The normalized spacial score (nSPS) is 41.0. The van der Waals surface area contributed by atoms with Crippen molar-refractivity contribution < 1.29 is 44.2 Å². The van der Waals surface area contributed by atoms with Crippen molar-refractivity contribution in [1.82, 2.24) is 0 Å². The van der Waals surface area contributed by atoms with Gasteiger partial charge in [0, 0.05) is 0 Å². The molecular formula is C16H20O9. The third kappa shape index (κ3) is 3.22. The Labute approximate surface area is 143 Å². The van der Waals surface area contributed by atoms with Crippen LogP contribution in [0.15, 0.2) is 36.1 Å². The molecular weight excluding hydrogens is 336 g/mol. The molecule has 4 unspecified atom stereocenters. The SMILES string of the molecule is C=C[C@@H]1C2=CCOC(=O)C2=CO[C@H]1OC1OC(CO)C(O)[C@H](O)C1O. The summed E-state index contributed by atoms with van der Waals surface area (Å²) in [6, 6.07) is 0. The topological polar surface area (TPSA) is 135 Å². The van der Waals surface area contributed by atoms with Gasteiger partial charge in [-0.15, -0.1) is 6.58 Å². The van der Waals surface area contributed by atoms with Gasteiger partial charge in [-0.2, -0.15) is 0 Å². The summed E-state index contributed by atoms with van der Waals surface area (Å²) in [5, 5.41) is 38.9. The summed E-state index contributed by atoms with van der Waals surface area (Å²) in [7, 11) is 0. The zero-order chi connectivity index (χ0) is 18.1. The molecule has 0 aromatic heterocycles. The molecule has 0 saturated carbocycles. The molecule has 3 aliphatic heterocycles. The molecule has 3 heterocycles. The first-order chi connectivity index (χ1) is 12.0. The van der Waals surface area contributed by atoms with E-state index in [2.05, 4.69) is 6.58 Å². The fraction of sp³-hybridized carbons (Fsp3) is 0.562. The average Bonchev–Trinajstić information content (AvgIpc) is 2.62. The van der Waals surface area contributed by atoms with Crippen molar-refractivity contribution in [2.45, 2.75) is 37.0 Å². The van der Waals surface area contributed by atoms with Crippen LogP contribution in [0.2, 0.25) is 0 Å². The van der Waals surface area contributed by atoms with Crippen molar-refractivity contribution in [2.24, 2.45) is 5.92 Å². The highest BCUT2D eigenvalue weighted by molar-refractivity contribution is 5.94. The van der Waals surface area contributed by atoms with Crippen LogP contribution in [-0.4, -0.2) is 76.6 Å². The number of carbonyl (C=O) groups is 1. The monoisotopic (exact) mass is 356 g/mol. The molecule has 1 saturated heterocycles. The van der Waals surface area contributed by atoms with E-state index < -0.39 is 55.5 Å². The molecule has 138 valence electrons. The van der Waals surface area contributed by atoms with E-state index in [4.69, 9.17) is 18.9 Å². The summed E-state index contributed by atoms with van der Waals surface area (Å²) in [6.45, 7) is 3.25. The van der Waals surface area contributed by atoms with E-state index >= 15 is 0 Å². The Morgan fingerprint density at radius 1 is 1.24 bits per heavy atom. The molecule has 25 heavy (non-hydrogen) atoms. The van der Waals surface area contributed by atoms with Gasteiger partial charge < -0.3 is 39.4 Å². The molecule has 0 spiro atoms. The van der Waals surface area contributed by atoms with E-state index in [1.165, 1.54) is 12.3 Å². The minimum atomic E-state index is -1.56. The Balaban J connectivity index is 1.78. The second-order valence-corrected chi connectivity index (χ2v) is 5.89. The number of rotatable bonds is 4. The van der Waals surface area contributed by atoms with Crippen LogP contribution in [0.3, 0.4) is 0 Å². The van der Waals surface area contributed by atoms with Gasteiger partial charge in [0.2, 0.25) is 6.29 Å². The first-order valence-electron chi connectivity index (χ1n) is 7.79. The fourth-order valence-corrected chi connectivity index (χ4v) is 2.98. The van der Waals surface area contributed by atoms with Crippen LogP contribution in [0.25, 0.3) is 0 Å². The Bertz CT molecular complexity index is 596. The third-order valence-electron chi connectivity index (χ3n) is 4.39. The van der Waals surface area contributed by atoms with Crippen molar-refractivity contribution in [3.63, 3.8) is 0 Å². The minimum absolute atomic E-state index is 0.114. The maximum absolute atomic E-state index is 11.8. The molecule has 1 fully saturated rings. The molecule has 0 aromatic rings. The second-order valence-electron chi connectivity index (χ2n) is 5.89. The van der Waals surface area contributed by atoms with Gasteiger partial charge in [0.25, 0.3) is 0 Å². The summed E-state index contributed by atoms with van der Waals surface area (Å²) in [6.07, 6.45) is -3.61. The zero-order valence-electron chi connectivity index (χ0n) is 13.2. The van der Waals surface area contributed by atoms with Gasteiger partial charge in [-0.1, -0.05) is 6.08 Å². The highest BCUT2D eigenvalue weighted by Crippen LogP contribution is 2.35. The predicted molar refractivity (Wildman–Crippen MR) is 80.5 cm³/mol. The van der Waals surface area contributed by atoms with Gasteiger partial charge in [-0.3, -0.25) is 0 Å². The van der Waals surface area contributed by atoms with E-state index in [1.807, 2.05) is 0 Å². The van der Waals surface area contributed by atoms with Gasteiger partial charge in [0.15, 0.2) is 6.29 Å². The van der Waals surface area contributed by atoms with Crippen LogP contribution >= 0.6 is 0 Å². The van der Waals surface area contributed by atoms with Crippen LogP contribution < -0.4 is 0 Å². The lowest BCUT2D eigenvalue weighted by Gasteiger charge is -2.42. The van der Waals surface area contributed by atoms with Crippen LogP contribution in [0, 0.1) is 5.92 Å². The highest BCUT2D eigenvalue weighted by Gasteiger charge is 2.46. The smallest absolute Gasteiger partial charge is 0.341 e. The third-order valence-corrected chi connectivity index (χ3v) is 4.39. The van der Waals surface area contributed by atoms with Crippen molar-refractivity contribution >= 4 is 5.97 Å². The molecule has 3 rings (SSSR count). The highest BCUT2D eigenvalue weighted by atomic mass is 16.8. The number of aliphatic hydroxyl groups excluding tert-OH is 4. The Morgan fingerprint density at radius 2 is 2.00 bits per heavy atom. The molecule has 9 heteroatoms. The molecule has 3 aliphatic rings.